The van der Waals surface area contributed by atoms with E-state index in [4.69, 9.17) is 4.42 Å². The zero-order chi connectivity index (χ0) is 36.2. The van der Waals surface area contributed by atoms with Gasteiger partial charge in [-0.25, -0.2) is 9.88 Å². The number of allylic oxidation sites excluding steroid dienone is 2. The fourth-order valence-electron chi connectivity index (χ4n) is 9.69. The Kier molecular flexibility index (Phi) is 6.71. The van der Waals surface area contributed by atoms with Gasteiger partial charge in [-0.2, -0.15) is 0 Å². The lowest BCUT2D eigenvalue weighted by Gasteiger charge is -2.49. The van der Waals surface area contributed by atoms with Gasteiger partial charge in [0.1, 0.15) is 11.3 Å². The second-order valence-corrected chi connectivity index (χ2v) is 14.8. The van der Waals surface area contributed by atoms with E-state index in [0.29, 0.717) is 45.8 Å². The van der Waals surface area contributed by atoms with Crippen molar-refractivity contribution in [3.05, 3.63) is 132 Å². The van der Waals surface area contributed by atoms with E-state index in [1.54, 1.807) is 48.5 Å². The van der Waals surface area contributed by atoms with E-state index in [1.165, 1.54) is 9.80 Å². The third-order valence-corrected chi connectivity index (χ3v) is 12.2. The number of phenolic OH excluding ortho intramolecular Hbond substituents is 1. The smallest absolute Gasteiger partial charge is 0.241 e. The highest BCUT2D eigenvalue weighted by Gasteiger charge is 2.68. The highest BCUT2D eigenvalue weighted by molar-refractivity contribution is 6.25. The Morgan fingerprint density at radius 3 is 2.25 bits per heavy atom. The first-order valence-electron chi connectivity index (χ1n) is 17.9. The minimum absolute atomic E-state index is 0.0460. The summed E-state index contributed by atoms with van der Waals surface area (Å²) in [6.07, 6.45) is 2.53. The summed E-state index contributed by atoms with van der Waals surface area (Å²) in [5.41, 5.74) is 3.13. The summed E-state index contributed by atoms with van der Waals surface area (Å²) in [5.74, 6) is -4.17. The first-order chi connectivity index (χ1) is 25.8. The fourth-order valence-corrected chi connectivity index (χ4v) is 9.69. The van der Waals surface area contributed by atoms with Crippen LogP contribution < -0.4 is 9.80 Å². The Morgan fingerprint density at radius 2 is 1.45 bits per heavy atom. The van der Waals surface area contributed by atoms with Crippen LogP contribution in [0.5, 0.6) is 5.75 Å². The highest BCUT2D eigenvalue weighted by atomic mass is 16.3. The average Bonchev–Trinajstić information content (AvgIpc) is 3.79. The summed E-state index contributed by atoms with van der Waals surface area (Å²) in [7, 11) is 0. The number of benzene rings is 5. The van der Waals surface area contributed by atoms with E-state index in [0.717, 1.165) is 16.5 Å². The SMILES string of the molecule is C[C@@]12C(=O)N(c3ccccc3)C(=O)[C@@H]1C[C@@H]1C(=CC[C@@H]3C(=O)N(c4ccc(-c5nc6ccccc6o5)cc4)C(=O)[C@@H]31)[C@@H]2c1ccc2ccccc2c1O. The lowest BCUT2D eigenvalue weighted by molar-refractivity contribution is -0.131. The summed E-state index contributed by atoms with van der Waals surface area (Å²) in [4.78, 5) is 65.1. The van der Waals surface area contributed by atoms with Crippen LogP contribution in [-0.4, -0.2) is 33.7 Å². The molecule has 3 heterocycles. The van der Waals surface area contributed by atoms with Crippen LogP contribution in [0.3, 0.4) is 0 Å². The molecule has 6 aromatic rings. The molecule has 10 rings (SSSR count). The quantitative estimate of drug-likeness (QED) is 0.147. The number of carbonyl (C=O) groups excluding carboxylic acids is 4. The van der Waals surface area contributed by atoms with Crippen molar-refractivity contribution in [2.45, 2.75) is 25.7 Å². The number of phenols is 1. The van der Waals surface area contributed by atoms with Gasteiger partial charge in [-0.15, -0.1) is 0 Å². The Morgan fingerprint density at radius 1 is 0.736 bits per heavy atom. The Bertz CT molecular complexity index is 2540. The van der Waals surface area contributed by atoms with Crippen LogP contribution in [0.25, 0.3) is 33.3 Å². The lowest BCUT2D eigenvalue weighted by atomic mass is 9.51. The van der Waals surface area contributed by atoms with Crippen LogP contribution in [-0.2, 0) is 19.2 Å². The maximum atomic E-state index is 14.7. The fraction of sp³-hybridized carbons (Fsp3) is 0.205. The van der Waals surface area contributed by atoms with Crippen molar-refractivity contribution in [3.63, 3.8) is 0 Å². The van der Waals surface area contributed by atoms with Crippen molar-refractivity contribution in [2.24, 2.45) is 29.1 Å². The first-order valence-corrected chi connectivity index (χ1v) is 17.9. The molecule has 2 aliphatic heterocycles. The molecular formula is C44H33N3O6. The van der Waals surface area contributed by atoms with Crippen LogP contribution in [0.2, 0.25) is 0 Å². The van der Waals surface area contributed by atoms with E-state index in [-0.39, 0.29) is 35.8 Å². The summed E-state index contributed by atoms with van der Waals surface area (Å²) in [5, 5.41) is 13.4. The van der Waals surface area contributed by atoms with E-state index in [1.807, 2.05) is 79.7 Å². The number of carbonyl (C=O) groups is 4. The summed E-state index contributed by atoms with van der Waals surface area (Å²) in [6, 6.07) is 34.7. The normalized spacial score (nSPS) is 26.6. The number of rotatable bonds is 4. The van der Waals surface area contributed by atoms with E-state index in [2.05, 4.69) is 4.98 Å². The minimum atomic E-state index is -1.26. The molecule has 3 fully saturated rings. The Labute approximate surface area is 304 Å². The average molecular weight is 700 g/mol. The Balaban J connectivity index is 1.06. The molecule has 4 aliphatic rings. The van der Waals surface area contributed by atoms with Gasteiger partial charge < -0.3 is 9.52 Å². The number of fused-ring (bicyclic) bond motifs is 6. The molecule has 0 bridgehead atoms. The largest absolute Gasteiger partial charge is 0.507 e. The number of imide groups is 2. The molecular weight excluding hydrogens is 666 g/mol. The van der Waals surface area contributed by atoms with E-state index < -0.39 is 35.0 Å². The molecule has 260 valence electrons. The predicted molar refractivity (Wildman–Crippen MR) is 199 cm³/mol. The lowest BCUT2D eigenvalue weighted by Crippen LogP contribution is -2.48. The maximum absolute atomic E-state index is 14.7. The molecule has 1 aromatic heterocycles. The van der Waals surface area contributed by atoms with E-state index >= 15 is 0 Å². The van der Waals surface area contributed by atoms with Gasteiger partial charge in [0, 0.05) is 22.4 Å². The van der Waals surface area contributed by atoms with Gasteiger partial charge in [-0.1, -0.05) is 78.4 Å². The summed E-state index contributed by atoms with van der Waals surface area (Å²) < 4.78 is 5.93. The van der Waals surface area contributed by atoms with Crippen LogP contribution in [0, 0.1) is 29.1 Å². The second-order valence-electron chi connectivity index (χ2n) is 14.8. The zero-order valence-electron chi connectivity index (χ0n) is 28.7. The number of oxazole rings is 1. The van der Waals surface area contributed by atoms with Gasteiger partial charge in [0.25, 0.3) is 0 Å². The number of para-hydroxylation sites is 3. The molecule has 0 radical (unpaired) electrons. The maximum Gasteiger partial charge on any atom is 0.241 e. The molecule has 0 spiro atoms. The number of aromatic hydroxyl groups is 1. The van der Waals surface area contributed by atoms with Gasteiger partial charge in [-0.3, -0.25) is 24.1 Å². The molecule has 9 nitrogen and oxygen atoms in total. The Hall–Kier alpha value is -6.35. The second kappa shape index (κ2) is 11.3. The number of anilines is 2. The molecule has 0 unspecified atom stereocenters. The topological polar surface area (TPSA) is 121 Å². The number of hydrogen-bond acceptors (Lipinski definition) is 7. The molecule has 6 atom stereocenters. The van der Waals surface area contributed by atoms with Crippen LogP contribution in [0.1, 0.15) is 31.2 Å². The predicted octanol–water partition coefficient (Wildman–Crippen LogP) is 7.79. The molecule has 53 heavy (non-hydrogen) atoms. The third kappa shape index (κ3) is 4.33. The van der Waals surface area contributed by atoms with Crippen molar-refractivity contribution in [1.82, 2.24) is 4.98 Å². The molecule has 4 amide bonds. The van der Waals surface area contributed by atoms with Crippen LogP contribution in [0.15, 0.2) is 131 Å². The monoisotopic (exact) mass is 699 g/mol. The van der Waals surface area contributed by atoms with Crippen LogP contribution >= 0.6 is 0 Å². The van der Waals surface area contributed by atoms with Gasteiger partial charge in [0.2, 0.25) is 29.5 Å². The summed E-state index contributed by atoms with van der Waals surface area (Å²) in [6.45, 7) is 1.83. The standard InChI is InChI=1S/C44H33N3O6/c1-44-33(41(50)47(43(44)52)26-10-3-2-4-11-26)23-32-29(37(44)31-20-17-24-9-5-6-12-28(24)38(31)48)21-22-30-36(32)42(51)46(40(30)49)27-18-15-25(16-19-27)39-45-34-13-7-8-14-35(34)53-39/h2-21,30,32-33,36-37,48H,22-23H2,1H3/t30-,32+,33-,36-,37+,44+/m0/s1. The minimum Gasteiger partial charge on any atom is -0.507 e. The molecule has 2 saturated heterocycles. The zero-order valence-corrected chi connectivity index (χ0v) is 28.7. The van der Waals surface area contributed by atoms with E-state index in [9.17, 15) is 24.3 Å². The molecule has 5 aromatic carbocycles. The van der Waals surface area contributed by atoms with Gasteiger partial charge in [-0.05, 0) is 79.6 Å². The van der Waals surface area contributed by atoms with Crippen molar-refractivity contribution < 1.29 is 28.7 Å². The number of amides is 4. The van der Waals surface area contributed by atoms with Crippen molar-refractivity contribution in [1.29, 1.82) is 0 Å². The highest BCUT2D eigenvalue weighted by Crippen LogP contribution is 2.64. The molecule has 9 heteroatoms. The van der Waals surface area contributed by atoms with Crippen molar-refractivity contribution in [3.8, 4) is 17.2 Å². The van der Waals surface area contributed by atoms with Crippen LogP contribution in [0.4, 0.5) is 11.4 Å². The van der Waals surface area contributed by atoms with Crippen molar-refractivity contribution in [2.75, 3.05) is 9.80 Å². The number of aromatic nitrogens is 1. The van der Waals surface area contributed by atoms with Gasteiger partial charge >= 0.3 is 0 Å². The van der Waals surface area contributed by atoms with Crippen molar-refractivity contribution >= 4 is 56.9 Å². The molecule has 1 saturated carbocycles. The van der Waals surface area contributed by atoms with Gasteiger partial charge in [0.05, 0.1) is 34.5 Å². The number of hydrogen-bond donors (Lipinski definition) is 1. The third-order valence-electron chi connectivity index (χ3n) is 12.2. The molecule has 1 N–H and O–H groups in total. The van der Waals surface area contributed by atoms with Gasteiger partial charge in [0.15, 0.2) is 5.58 Å². The molecule has 2 aliphatic carbocycles. The first kappa shape index (κ1) is 31.4. The number of nitrogens with zero attached hydrogens (tertiary/aromatic N) is 3. The summed E-state index contributed by atoms with van der Waals surface area (Å²) >= 11 is 0.